The predicted octanol–water partition coefficient (Wildman–Crippen LogP) is 1.85. The number of hydrogen-bond donors (Lipinski definition) is 1. The number of halogens is 1. The summed E-state index contributed by atoms with van der Waals surface area (Å²) in [5, 5.41) is 25.5. The van der Waals surface area contributed by atoms with E-state index in [-0.39, 0.29) is 5.91 Å². The van der Waals surface area contributed by atoms with Crippen molar-refractivity contribution in [3.05, 3.63) is 65.2 Å². The van der Waals surface area contributed by atoms with E-state index in [9.17, 15) is 4.79 Å². The Kier molecular flexibility index (Phi) is 4.30. The molecule has 2 aromatic carbocycles. The lowest BCUT2D eigenvalue weighted by atomic mass is 10.1. The van der Waals surface area contributed by atoms with Crippen molar-refractivity contribution in [2.24, 2.45) is 0 Å². The lowest BCUT2D eigenvalue weighted by Gasteiger charge is -2.13. The number of amides is 1. The van der Waals surface area contributed by atoms with Crippen LogP contribution in [0.4, 0.5) is 5.69 Å². The molecule has 0 fully saturated rings. The summed E-state index contributed by atoms with van der Waals surface area (Å²) in [5.41, 5.74) is 3.06. The largest absolute Gasteiger partial charge is 0.322 e. The lowest BCUT2D eigenvalue weighted by Crippen LogP contribution is -2.16. The van der Waals surface area contributed by atoms with Crippen molar-refractivity contribution in [3.8, 4) is 11.4 Å². The van der Waals surface area contributed by atoms with Crippen LogP contribution in [-0.4, -0.2) is 46.3 Å². The van der Waals surface area contributed by atoms with E-state index in [2.05, 4.69) is 36.4 Å². The van der Waals surface area contributed by atoms with Gasteiger partial charge in [-0.05, 0) is 63.7 Å². The maximum atomic E-state index is 12.9. The molecule has 0 aliphatic carbocycles. The lowest BCUT2D eigenvalue weighted by molar-refractivity contribution is 0.102. The SMILES string of the molecule is Cc1ccc(-n2cnnn2)cc1NC(=O)c1cc(Cl)ccc1-n1cnnn1. The zero-order chi connectivity index (χ0) is 18.8. The number of nitrogens with one attached hydrogen (secondary N) is 1. The average molecular weight is 382 g/mol. The van der Waals surface area contributed by atoms with Gasteiger partial charge in [0, 0.05) is 10.7 Å². The van der Waals surface area contributed by atoms with Crippen LogP contribution in [0.15, 0.2) is 49.1 Å². The van der Waals surface area contributed by atoms with Crippen LogP contribution in [0.25, 0.3) is 11.4 Å². The van der Waals surface area contributed by atoms with Gasteiger partial charge in [-0.15, -0.1) is 10.2 Å². The molecule has 11 heteroatoms. The van der Waals surface area contributed by atoms with Crippen molar-refractivity contribution >= 4 is 23.2 Å². The molecule has 0 unspecified atom stereocenters. The number of nitrogens with zero attached hydrogens (tertiary/aromatic N) is 8. The second kappa shape index (κ2) is 6.92. The van der Waals surface area contributed by atoms with Crippen LogP contribution in [0.1, 0.15) is 15.9 Å². The Morgan fingerprint density at radius 3 is 2.44 bits per heavy atom. The molecular weight excluding hydrogens is 370 g/mol. The third-order valence-corrected chi connectivity index (χ3v) is 4.12. The molecule has 27 heavy (non-hydrogen) atoms. The molecule has 1 amide bonds. The topological polar surface area (TPSA) is 116 Å². The van der Waals surface area contributed by atoms with Crippen molar-refractivity contribution in [2.75, 3.05) is 5.32 Å². The zero-order valence-corrected chi connectivity index (χ0v) is 14.7. The number of rotatable bonds is 4. The summed E-state index contributed by atoms with van der Waals surface area (Å²) >= 11 is 6.08. The molecule has 134 valence electrons. The van der Waals surface area contributed by atoms with Crippen molar-refractivity contribution < 1.29 is 4.79 Å². The third kappa shape index (κ3) is 3.37. The van der Waals surface area contributed by atoms with Gasteiger partial charge in [0.15, 0.2) is 0 Å². The van der Waals surface area contributed by atoms with Gasteiger partial charge < -0.3 is 5.32 Å². The van der Waals surface area contributed by atoms with Gasteiger partial charge in [-0.2, -0.15) is 4.68 Å². The van der Waals surface area contributed by atoms with Crippen LogP contribution in [0.2, 0.25) is 5.02 Å². The molecule has 0 saturated carbocycles. The fourth-order valence-electron chi connectivity index (χ4n) is 2.52. The van der Waals surface area contributed by atoms with Gasteiger partial charge in [-0.3, -0.25) is 4.79 Å². The summed E-state index contributed by atoms with van der Waals surface area (Å²) in [4.78, 5) is 12.9. The number of anilines is 1. The summed E-state index contributed by atoms with van der Waals surface area (Å²) in [7, 11) is 0. The first kappa shape index (κ1) is 16.8. The Bertz CT molecular complexity index is 1090. The van der Waals surface area contributed by atoms with Crippen molar-refractivity contribution in [2.45, 2.75) is 6.92 Å². The van der Waals surface area contributed by atoms with E-state index < -0.39 is 0 Å². The maximum Gasteiger partial charge on any atom is 0.257 e. The van der Waals surface area contributed by atoms with Crippen LogP contribution in [0, 0.1) is 6.92 Å². The van der Waals surface area contributed by atoms with Crippen LogP contribution in [0.5, 0.6) is 0 Å². The molecule has 4 rings (SSSR count). The molecule has 2 heterocycles. The molecule has 0 spiro atoms. The monoisotopic (exact) mass is 381 g/mol. The van der Waals surface area contributed by atoms with Crippen molar-refractivity contribution in [1.82, 2.24) is 40.4 Å². The predicted molar refractivity (Wildman–Crippen MR) is 96.0 cm³/mol. The van der Waals surface area contributed by atoms with Crippen molar-refractivity contribution in [1.29, 1.82) is 0 Å². The van der Waals surface area contributed by atoms with E-state index in [4.69, 9.17) is 11.6 Å². The fraction of sp³-hybridized carbons (Fsp3) is 0.0625. The minimum atomic E-state index is -0.347. The van der Waals surface area contributed by atoms with Gasteiger partial charge in [0.2, 0.25) is 0 Å². The van der Waals surface area contributed by atoms with E-state index >= 15 is 0 Å². The Labute approximate surface area is 157 Å². The maximum absolute atomic E-state index is 12.9. The molecule has 0 bridgehead atoms. The molecule has 4 aromatic rings. The van der Waals surface area contributed by atoms with Crippen LogP contribution < -0.4 is 5.32 Å². The second-order valence-corrected chi connectivity index (χ2v) is 6.06. The van der Waals surface area contributed by atoms with Gasteiger partial charge >= 0.3 is 0 Å². The van der Waals surface area contributed by atoms with Gasteiger partial charge in [0.25, 0.3) is 5.91 Å². The van der Waals surface area contributed by atoms with Crippen LogP contribution in [-0.2, 0) is 0 Å². The van der Waals surface area contributed by atoms with Crippen molar-refractivity contribution in [3.63, 3.8) is 0 Å². The first-order valence-corrected chi connectivity index (χ1v) is 8.18. The second-order valence-electron chi connectivity index (χ2n) is 5.62. The Hall–Kier alpha value is -3.66. The highest BCUT2D eigenvalue weighted by Crippen LogP contribution is 2.23. The fourth-order valence-corrected chi connectivity index (χ4v) is 2.69. The minimum absolute atomic E-state index is 0.335. The highest BCUT2D eigenvalue weighted by atomic mass is 35.5. The smallest absolute Gasteiger partial charge is 0.257 e. The number of tetrazole rings is 2. The molecule has 0 atom stereocenters. The van der Waals surface area contributed by atoms with Crippen LogP contribution in [0.3, 0.4) is 0 Å². The summed E-state index contributed by atoms with van der Waals surface area (Å²) < 4.78 is 2.90. The van der Waals surface area contributed by atoms with Gasteiger partial charge in [0.1, 0.15) is 12.7 Å². The number of aryl methyl sites for hydroxylation is 1. The molecule has 10 nitrogen and oxygen atoms in total. The normalized spacial score (nSPS) is 10.7. The molecule has 0 aliphatic rings. The van der Waals surface area contributed by atoms with Gasteiger partial charge in [-0.1, -0.05) is 17.7 Å². The third-order valence-electron chi connectivity index (χ3n) is 3.88. The van der Waals surface area contributed by atoms with E-state index in [0.29, 0.717) is 27.6 Å². The highest BCUT2D eigenvalue weighted by molar-refractivity contribution is 6.31. The van der Waals surface area contributed by atoms with Gasteiger partial charge in [-0.25, -0.2) is 4.68 Å². The number of carbonyl (C=O) groups is 1. The average Bonchev–Trinajstić information content (AvgIpc) is 3.37. The summed E-state index contributed by atoms with van der Waals surface area (Å²) in [6, 6.07) is 10.4. The summed E-state index contributed by atoms with van der Waals surface area (Å²) in [6.45, 7) is 1.89. The van der Waals surface area contributed by atoms with E-state index in [1.807, 2.05) is 19.1 Å². The molecule has 0 radical (unpaired) electrons. The highest BCUT2D eigenvalue weighted by Gasteiger charge is 2.16. The Balaban J connectivity index is 1.69. The quantitative estimate of drug-likeness (QED) is 0.573. The number of aromatic nitrogens is 8. The minimum Gasteiger partial charge on any atom is -0.322 e. The first-order chi connectivity index (χ1) is 13.1. The number of hydrogen-bond acceptors (Lipinski definition) is 7. The molecular formula is C16H12ClN9O. The molecule has 0 saturated heterocycles. The molecule has 0 aliphatic heterocycles. The van der Waals surface area contributed by atoms with E-state index in [0.717, 1.165) is 5.56 Å². The summed E-state index contributed by atoms with van der Waals surface area (Å²) in [5.74, 6) is -0.347. The first-order valence-electron chi connectivity index (χ1n) is 7.80. The van der Waals surface area contributed by atoms with E-state index in [1.165, 1.54) is 22.0 Å². The zero-order valence-electron chi connectivity index (χ0n) is 14.0. The van der Waals surface area contributed by atoms with Gasteiger partial charge in [0.05, 0.1) is 16.9 Å². The van der Waals surface area contributed by atoms with Crippen LogP contribution >= 0.6 is 11.6 Å². The Morgan fingerprint density at radius 1 is 1.00 bits per heavy atom. The molecule has 1 N–H and O–H groups in total. The number of benzene rings is 2. The summed E-state index contributed by atoms with van der Waals surface area (Å²) in [6.07, 6.45) is 2.88. The molecule has 2 aromatic heterocycles. The Morgan fingerprint density at radius 2 is 1.74 bits per heavy atom. The number of carbonyl (C=O) groups excluding carboxylic acids is 1. The standard InChI is InChI=1S/C16H12ClN9O/c1-10-2-4-12(25-8-18-21-23-25)7-14(10)20-16(27)13-6-11(17)3-5-15(13)26-9-19-22-24-26/h2-9H,1H3,(H,20,27). The van der Waals surface area contributed by atoms with E-state index in [1.54, 1.807) is 24.3 Å².